The maximum absolute atomic E-state index is 2.50. The lowest BCUT2D eigenvalue weighted by molar-refractivity contribution is 0.601. The Morgan fingerprint density at radius 1 is 0.373 bits per heavy atom. The van der Waals surface area contributed by atoms with Gasteiger partial charge in [-0.1, -0.05) is 107 Å². The molecule has 0 saturated carbocycles. The molecule has 0 aliphatic heterocycles. The molecule has 1 nitrogen and oxygen atoms in total. The minimum Gasteiger partial charge on any atom is -0.310 e. The van der Waals surface area contributed by atoms with Gasteiger partial charge in [0.25, 0.3) is 0 Å². The molecule has 294 valence electrons. The molecule has 7 aromatic rings. The summed E-state index contributed by atoms with van der Waals surface area (Å²) >= 11 is 0. The van der Waals surface area contributed by atoms with Crippen LogP contribution < -0.4 is 4.90 Å². The Morgan fingerprint density at radius 3 is 1.29 bits per heavy atom. The third-order valence-corrected chi connectivity index (χ3v) is 14.1. The molecule has 1 heteroatoms. The highest BCUT2D eigenvalue weighted by Gasteiger charge is 2.46. The first-order valence-corrected chi connectivity index (χ1v) is 21.3. The van der Waals surface area contributed by atoms with E-state index in [1.807, 2.05) is 0 Å². The highest BCUT2D eigenvalue weighted by Crippen LogP contribution is 2.60. The number of rotatable bonds is 6. The van der Waals surface area contributed by atoms with Crippen LogP contribution in [0.5, 0.6) is 0 Å². The van der Waals surface area contributed by atoms with E-state index in [9.17, 15) is 0 Å². The van der Waals surface area contributed by atoms with Crippen LogP contribution in [0.2, 0.25) is 0 Å². The summed E-state index contributed by atoms with van der Waals surface area (Å²) in [6, 6.07) is 46.8. The van der Waals surface area contributed by atoms with Crippen molar-refractivity contribution in [1.29, 1.82) is 0 Å². The van der Waals surface area contributed by atoms with Gasteiger partial charge in [-0.25, -0.2) is 0 Å². The van der Waals surface area contributed by atoms with Gasteiger partial charge in [0.1, 0.15) is 0 Å². The molecule has 0 amide bonds. The molecule has 0 aromatic heterocycles. The van der Waals surface area contributed by atoms with Gasteiger partial charge >= 0.3 is 0 Å². The summed E-state index contributed by atoms with van der Waals surface area (Å²) in [6.07, 6.45) is 2.39. The fourth-order valence-corrected chi connectivity index (χ4v) is 9.95. The standard InChI is InChI=1S/C58H57N/c1-34-13-17-42(27-38(34)5)31-52(43-18-14-35(2)39(6)28-43)44-19-23-48-50-25-26-51-49-24-22-47(33-54(49)58(11,12)56(51)55(50)57(9,10)53(48)32-44)59(45-20-15-36(3)40(7)29-45)46-21-16-37(4)41(8)30-46/h13-33H,1-12H3. The van der Waals surface area contributed by atoms with E-state index in [1.54, 1.807) is 0 Å². The number of aryl methyl sites for hydroxylation is 8. The second-order valence-corrected chi connectivity index (χ2v) is 18.7. The van der Waals surface area contributed by atoms with Crippen LogP contribution in [-0.2, 0) is 10.8 Å². The number of fused-ring (bicyclic) bond motifs is 7. The van der Waals surface area contributed by atoms with Crippen LogP contribution in [0, 0.1) is 55.4 Å². The minimum absolute atomic E-state index is 0.201. The lowest BCUT2D eigenvalue weighted by Crippen LogP contribution is -2.24. The second kappa shape index (κ2) is 13.8. The van der Waals surface area contributed by atoms with E-state index >= 15 is 0 Å². The molecule has 9 rings (SSSR count). The van der Waals surface area contributed by atoms with Crippen molar-refractivity contribution in [1.82, 2.24) is 0 Å². The Morgan fingerprint density at radius 2 is 0.763 bits per heavy atom. The highest BCUT2D eigenvalue weighted by molar-refractivity contribution is 5.96. The van der Waals surface area contributed by atoms with E-state index in [0.717, 1.165) is 0 Å². The smallest absolute Gasteiger partial charge is 0.0465 e. The number of nitrogens with zero attached hydrogens (tertiary/aromatic N) is 1. The summed E-state index contributed by atoms with van der Waals surface area (Å²) < 4.78 is 0. The van der Waals surface area contributed by atoms with Crippen LogP contribution >= 0.6 is 0 Å². The van der Waals surface area contributed by atoms with Crippen LogP contribution in [0.4, 0.5) is 17.1 Å². The molecule has 0 spiro atoms. The molecule has 0 N–H and O–H groups in total. The van der Waals surface area contributed by atoms with Crippen molar-refractivity contribution in [3.8, 4) is 22.3 Å². The maximum Gasteiger partial charge on any atom is 0.0465 e. The fourth-order valence-electron chi connectivity index (χ4n) is 9.95. The Kier molecular flexibility index (Phi) is 9.05. The molecule has 0 radical (unpaired) electrons. The van der Waals surface area contributed by atoms with Crippen LogP contribution in [0.15, 0.2) is 121 Å². The van der Waals surface area contributed by atoms with E-state index < -0.39 is 0 Å². The zero-order valence-electron chi connectivity index (χ0n) is 37.1. The first-order chi connectivity index (χ1) is 28.0. The summed E-state index contributed by atoms with van der Waals surface area (Å²) in [4.78, 5) is 2.45. The number of hydrogen-bond donors (Lipinski definition) is 0. The van der Waals surface area contributed by atoms with Gasteiger partial charge in [-0.2, -0.15) is 0 Å². The van der Waals surface area contributed by atoms with Crippen LogP contribution in [0.3, 0.4) is 0 Å². The molecule has 2 aliphatic carbocycles. The summed E-state index contributed by atoms with van der Waals surface area (Å²) in [5.41, 5.74) is 29.8. The number of benzene rings is 7. The average molecular weight is 768 g/mol. The fraction of sp³-hybridized carbons (Fsp3) is 0.241. The molecule has 0 saturated heterocycles. The van der Waals surface area contributed by atoms with Gasteiger partial charge in [0.2, 0.25) is 0 Å². The van der Waals surface area contributed by atoms with E-state index in [4.69, 9.17) is 0 Å². The first kappa shape index (κ1) is 38.6. The molecule has 0 unspecified atom stereocenters. The monoisotopic (exact) mass is 767 g/mol. The zero-order valence-corrected chi connectivity index (χ0v) is 37.1. The molecule has 2 aliphatic rings. The normalized spacial score (nSPS) is 14.5. The van der Waals surface area contributed by atoms with Crippen LogP contribution in [0.25, 0.3) is 33.9 Å². The lowest BCUT2D eigenvalue weighted by Gasteiger charge is -2.32. The largest absolute Gasteiger partial charge is 0.310 e. The summed E-state index contributed by atoms with van der Waals surface area (Å²) in [5, 5.41) is 0. The minimum atomic E-state index is -0.208. The SMILES string of the molecule is Cc1ccc(C=C(c2ccc(C)c(C)c2)c2ccc3c(c2)C(C)(C)c2c-3ccc3c2C(C)(C)c2cc(N(c4ccc(C)c(C)c4)c4ccc(C)c(C)c4)ccc2-3)cc1C. The van der Waals surface area contributed by atoms with Gasteiger partial charge in [-0.05, 0) is 215 Å². The molecular weight excluding hydrogens is 711 g/mol. The van der Waals surface area contributed by atoms with Gasteiger partial charge in [-0.15, -0.1) is 0 Å². The molecule has 59 heavy (non-hydrogen) atoms. The van der Waals surface area contributed by atoms with E-state index in [-0.39, 0.29) is 10.8 Å². The maximum atomic E-state index is 2.50. The lowest BCUT2D eigenvalue weighted by atomic mass is 9.72. The summed E-state index contributed by atoms with van der Waals surface area (Å²) in [7, 11) is 0. The Bertz CT molecular complexity index is 2860. The molecule has 7 aromatic carbocycles. The average Bonchev–Trinajstić information content (AvgIpc) is 3.57. The molecule has 0 atom stereocenters. The quantitative estimate of drug-likeness (QED) is 0.152. The predicted molar refractivity (Wildman–Crippen MR) is 254 cm³/mol. The molecule has 0 heterocycles. The van der Waals surface area contributed by atoms with Crippen molar-refractivity contribution >= 4 is 28.7 Å². The van der Waals surface area contributed by atoms with E-state index in [0.29, 0.717) is 0 Å². The van der Waals surface area contributed by atoms with Crippen molar-refractivity contribution in [2.75, 3.05) is 4.90 Å². The Labute approximate surface area is 353 Å². The predicted octanol–water partition coefficient (Wildman–Crippen LogP) is 15.8. The number of anilines is 3. The Hall–Kier alpha value is -5.92. The van der Waals surface area contributed by atoms with Gasteiger partial charge in [-0.3, -0.25) is 0 Å². The summed E-state index contributed by atoms with van der Waals surface area (Å²) in [6.45, 7) is 27.5. The second-order valence-electron chi connectivity index (χ2n) is 18.7. The zero-order chi connectivity index (χ0) is 41.7. The van der Waals surface area contributed by atoms with Gasteiger partial charge in [0.15, 0.2) is 0 Å². The molecule has 0 bridgehead atoms. The van der Waals surface area contributed by atoms with Crippen molar-refractivity contribution in [2.24, 2.45) is 0 Å². The van der Waals surface area contributed by atoms with Crippen LogP contribution in [0.1, 0.15) is 111 Å². The molecule has 0 fully saturated rings. The van der Waals surface area contributed by atoms with Crippen molar-refractivity contribution < 1.29 is 0 Å². The Balaban J connectivity index is 1.17. The van der Waals surface area contributed by atoms with Crippen molar-refractivity contribution in [3.05, 3.63) is 205 Å². The van der Waals surface area contributed by atoms with Gasteiger partial charge in [0, 0.05) is 27.9 Å². The first-order valence-electron chi connectivity index (χ1n) is 21.3. The highest BCUT2D eigenvalue weighted by atomic mass is 15.1. The van der Waals surface area contributed by atoms with Crippen molar-refractivity contribution in [2.45, 2.75) is 93.9 Å². The van der Waals surface area contributed by atoms with Gasteiger partial charge in [0.05, 0.1) is 0 Å². The van der Waals surface area contributed by atoms with Gasteiger partial charge < -0.3 is 4.90 Å². The van der Waals surface area contributed by atoms with E-state index in [2.05, 4.69) is 215 Å². The summed E-state index contributed by atoms with van der Waals surface area (Å²) in [5.74, 6) is 0. The topological polar surface area (TPSA) is 3.24 Å². The number of hydrogen-bond acceptors (Lipinski definition) is 1. The van der Waals surface area contributed by atoms with Crippen molar-refractivity contribution in [3.63, 3.8) is 0 Å². The molecular formula is C58H57N. The van der Waals surface area contributed by atoms with Crippen LogP contribution in [-0.4, -0.2) is 0 Å². The third-order valence-electron chi connectivity index (χ3n) is 14.1. The van der Waals surface area contributed by atoms with E-state index in [1.165, 1.54) is 128 Å². The third kappa shape index (κ3) is 6.21.